The lowest BCUT2D eigenvalue weighted by Gasteiger charge is -2.13. The van der Waals surface area contributed by atoms with Gasteiger partial charge in [-0.2, -0.15) is 4.98 Å². The van der Waals surface area contributed by atoms with Gasteiger partial charge >= 0.3 is 0 Å². The quantitative estimate of drug-likeness (QED) is 0.761. The van der Waals surface area contributed by atoms with Gasteiger partial charge in [0.25, 0.3) is 0 Å². The Morgan fingerprint density at radius 2 is 2.33 bits per heavy atom. The molecule has 4 nitrogen and oxygen atoms in total. The van der Waals surface area contributed by atoms with Gasteiger partial charge in [0.15, 0.2) is 0 Å². The normalized spacial score (nSPS) is 12.2. The first-order chi connectivity index (χ1) is 7.26. The molecule has 0 saturated carbocycles. The van der Waals surface area contributed by atoms with E-state index in [2.05, 4.69) is 22.2 Å². The summed E-state index contributed by atoms with van der Waals surface area (Å²) in [5, 5.41) is 3.24. The molecule has 1 N–H and O–H groups in total. The van der Waals surface area contributed by atoms with Crippen LogP contribution in [0.15, 0.2) is 12.4 Å². The monoisotopic (exact) mass is 229 g/mol. The van der Waals surface area contributed by atoms with Crippen LogP contribution in [0.3, 0.4) is 0 Å². The zero-order chi connectivity index (χ0) is 11.1. The fraction of sp³-hybridized carbons (Fsp3) is 0.600. The van der Waals surface area contributed by atoms with Crippen molar-refractivity contribution in [1.29, 1.82) is 0 Å². The van der Waals surface area contributed by atoms with E-state index < -0.39 is 0 Å². The molecule has 0 aliphatic carbocycles. The van der Waals surface area contributed by atoms with Crippen molar-refractivity contribution in [2.75, 3.05) is 18.3 Å². The highest BCUT2D eigenvalue weighted by molar-refractivity contribution is 6.17. The Bertz CT molecular complexity index is 296. The van der Waals surface area contributed by atoms with Crippen LogP contribution in [0.1, 0.15) is 19.8 Å². The van der Waals surface area contributed by atoms with Crippen LogP contribution < -0.4 is 10.1 Å². The number of hydrogen-bond donors (Lipinski definition) is 1. The third-order valence-electron chi connectivity index (χ3n) is 1.99. The first kappa shape index (κ1) is 12.0. The van der Waals surface area contributed by atoms with Crippen LogP contribution in [0.2, 0.25) is 0 Å². The van der Waals surface area contributed by atoms with Gasteiger partial charge in [0.1, 0.15) is 5.82 Å². The highest BCUT2D eigenvalue weighted by atomic mass is 35.5. The second-order valence-electron chi connectivity index (χ2n) is 3.32. The topological polar surface area (TPSA) is 47.0 Å². The molecule has 0 aliphatic rings. The van der Waals surface area contributed by atoms with Crippen molar-refractivity contribution in [3.63, 3.8) is 0 Å². The van der Waals surface area contributed by atoms with Gasteiger partial charge in [-0.05, 0) is 19.8 Å². The second-order valence-corrected chi connectivity index (χ2v) is 3.70. The van der Waals surface area contributed by atoms with Crippen molar-refractivity contribution in [1.82, 2.24) is 9.97 Å². The molecule has 1 atom stereocenters. The lowest BCUT2D eigenvalue weighted by atomic mass is 10.2. The number of alkyl halides is 1. The smallest absolute Gasteiger partial charge is 0.233 e. The number of aromatic nitrogens is 2. The molecule has 0 amide bonds. The van der Waals surface area contributed by atoms with Crippen molar-refractivity contribution < 1.29 is 4.74 Å². The summed E-state index contributed by atoms with van der Waals surface area (Å²) in [4.78, 5) is 8.22. The van der Waals surface area contributed by atoms with Crippen molar-refractivity contribution >= 4 is 17.4 Å². The summed E-state index contributed by atoms with van der Waals surface area (Å²) in [7, 11) is 1.57. The van der Waals surface area contributed by atoms with Crippen molar-refractivity contribution in [2.24, 2.45) is 0 Å². The Hall–Kier alpha value is -1.03. The van der Waals surface area contributed by atoms with Gasteiger partial charge in [0.05, 0.1) is 19.5 Å². The Morgan fingerprint density at radius 1 is 1.53 bits per heavy atom. The summed E-state index contributed by atoms with van der Waals surface area (Å²) in [5.41, 5.74) is 0. The molecule has 0 saturated heterocycles. The summed E-state index contributed by atoms with van der Waals surface area (Å²) >= 11 is 5.62. The number of nitrogens with zero attached hydrogens (tertiary/aromatic N) is 2. The number of methoxy groups -OCH3 is 1. The Kier molecular flexibility index (Phi) is 5.18. The third kappa shape index (κ3) is 4.34. The molecule has 1 heterocycles. The number of rotatable bonds is 6. The molecule has 1 aromatic rings. The van der Waals surface area contributed by atoms with Crippen molar-refractivity contribution in [2.45, 2.75) is 25.8 Å². The molecule has 0 spiro atoms. The molecule has 1 rings (SSSR count). The molecule has 0 aliphatic heterocycles. The maximum Gasteiger partial charge on any atom is 0.233 e. The number of hydrogen-bond acceptors (Lipinski definition) is 4. The predicted octanol–water partition coefficient (Wildman–Crippen LogP) is 2.30. The van der Waals surface area contributed by atoms with Crippen LogP contribution in [-0.2, 0) is 0 Å². The van der Waals surface area contributed by atoms with E-state index in [0.29, 0.717) is 17.8 Å². The first-order valence-electron chi connectivity index (χ1n) is 4.94. The highest BCUT2D eigenvalue weighted by Gasteiger charge is 2.03. The molecule has 5 heteroatoms. The van der Waals surface area contributed by atoms with Gasteiger partial charge in [0.2, 0.25) is 5.88 Å². The number of nitrogens with one attached hydrogen (secondary N) is 1. The molecular formula is C10H16ClN3O. The van der Waals surface area contributed by atoms with Gasteiger partial charge in [0, 0.05) is 11.9 Å². The van der Waals surface area contributed by atoms with Crippen LogP contribution in [0, 0.1) is 0 Å². The zero-order valence-corrected chi connectivity index (χ0v) is 9.79. The number of ether oxygens (including phenoxy) is 1. The lowest BCUT2D eigenvalue weighted by molar-refractivity contribution is 0.396. The van der Waals surface area contributed by atoms with Crippen LogP contribution in [0.5, 0.6) is 5.88 Å². The summed E-state index contributed by atoms with van der Waals surface area (Å²) in [5.74, 6) is 1.94. The van der Waals surface area contributed by atoms with E-state index in [-0.39, 0.29) is 0 Å². The molecule has 1 aromatic heterocycles. The van der Waals surface area contributed by atoms with E-state index in [4.69, 9.17) is 16.3 Å². The second kappa shape index (κ2) is 6.45. The molecule has 0 aromatic carbocycles. The van der Waals surface area contributed by atoms with E-state index in [1.54, 1.807) is 19.5 Å². The maximum atomic E-state index is 5.62. The van der Waals surface area contributed by atoms with Crippen LogP contribution in [0.25, 0.3) is 0 Å². The van der Waals surface area contributed by atoms with Gasteiger partial charge < -0.3 is 10.1 Å². The van der Waals surface area contributed by atoms with Gasteiger partial charge in [-0.3, -0.25) is 4.98 Å². The fourth-order valence-electron chi connectivity index (χ4n) is 1.22. The van der Waals surface area contributed by atoms with E-state index >= 15 is 0 Å². The van der Waals surface area contributed by atoms with E-state index in [1.165, 1.54) is 0 Å². The Morgan fingerprint density at radius 3 is 3.00 bits per heavy atom. The molecular weight excluding hydrogens is 214 g/mol. The third-order valence-corrected chi connectivity index (χ3v) is 2.25. The molecule has 15 heavy (non-hydrogen) atoms. The minimum Gasteiger partial charge on any atom is -0.480 e. The van der Waals surface area contributed by atoms with Gasteiger partial charge in [-0.25, -0.2) is 0 Å². The molecule has 0 fully saturated rings. The summed E-state index contributed by atoms with van der Waals surface area (Å²) < 4.78 is 4.98. The molecule has 1 unspecified atom stereocenters. The van der Waals surface area contributed by atoms with Crippen LogP contribution in [-0.4, -0.2) is 29.0 Å². The minimum atomic E-state index is 0.338. The standard InChI is InChI=1S/C10H16ClN3O/c1-8(4-3-5-11)13-9-6-12-7-10(14-9)15-2/h6-8H,3-5H2,1-2H3,(H,13,14). The SMILES string of the molecule is COc1cncc(NC(C)CCCCl)n1. The average molecular weight is 230 g/mol. The lowest BCUT2D eigenvalue weighted by Crippen LogP contribution is -2.16. The van der Waals surface area contributed by atoms with E-state index in [1.807, 2.05) is 0 Å². The average Bonchev–Trinajstić information content (AvgIpc) is 2.26. The molecule has 0 radical (unpaired) electrons. The van der Waals surface area contributed by atoms with Crippen LogP contribution >= 0.6 is 11.6 Å². The van der Waals surface area contributed by atoms with E-state index in [0.717, 1.165) is 18.7 Å². The number of anilines is 1. The minimum absolute atomic E-state index is 0.338. The first-order valence-corrected chi connectivity index (χ1v) is 5.48. The predicted molar refractivity (Wildman–Crippen MR) is 61.6 cm³/mol. The number of halogens is 1. The van der Waals surface area contributed by atoms with Gasteiger partial charge in [-0.15, -0.1) is 11.6 Å². The van der Waals surface area contributed by atoms with Crippen molar-refractivity contribution in [3.05, 3.63) is 12.4 Å². The largest absolute Gasteiger partial charge is 0.480 e. The van der Waals surface area contributed by atoms with Crippen LogP contribution in [0.4, 0.5) is 5.82 Å². The summed E-state index contributed by atoms with van der Waals surface area (Å²) in [6, 6.07) is 0.338. The van der Waals surface area contributed by atoms with Gasteiger partial charge in [-0.1, -0.05) is 0 Å². The van der Waals surface area contributed by atoms with E-state index in [9.17, 15) is 0 Å². The zero-order valence-electron chi connectivity index (χ0n) is 9.03. The van der Waals surface area contributed by atoms with Crippen molar-refractivity contribution in [3.8, 4) is 5.88 Å². The Labute approximate surface area is 95.0 Å². The summed E-state index contributed by atoms with van der Waals surface area (Å²) in [6.45, 7) is 2.09. The summed E-state index contributed by atoms with van der Waals surface area (Å²) in [6.07, 6.45) is 5.27. The Balaban J connectivity index is 2.48. The highest BCUT2D eigenvalue weighted by Crippen LogP contribution is 2.11. The molecule has 0 bridgehead atoms. The fourth-order valence-corrected chi connectivity index (χ4v) is 1.38. The maximum absolute atomic E-state index is 5.62. The molecule has 84 valence electrons.